The third kappa shape index (κ3) is 4.86. The highest BCUT2D eigenvalue weighted by Gasteiger charge is 2.46. The summed E-state index contributed by atoms with van der Waals surface area (Å²) >= 11 is 0. The van der Waals surface area contributed by atoms with E-state index in [1.54, 1.807) is 11.1 Å². The Morgan fingerprint density at radius 3 is 1.88 bits per heavy atom. The first-order valence-electron chi connectivity index (χ1n) is 20.9. The highest BCUT2D eigenvalue weighted by atomic mass is 16.3. The van der Waals surface area contributed by atoms with Crippen molar-refractivity contribution in [2.75, 3.05) is 0 Å². The van der Waals surface area contributed by atoms with Gasteiger partial charge in [-0.3, -0.25) is 0 Å². The Hall–Kier alpha value is -6.58. The molecule has 58 heavy (non-hydrogen) atoms. The average Bonchev–Trinajstić information content (AvgIpc) is 3.86. The van der Waals surface area contributed by atoms with Crippen LogP contribution in [0.15, 0.2) is 162 Å². The van der Waals surface area contributed by atoms with Gasteiger partial charge in [-0.1, -0.05) is 148 Å². The molecule has 3 heteroatoms. The summed E-state index contributed by atoms with van der Waals surface area (Å²) in [7, 11) is 0. The van der Waals surface area contributed by atoms with Gasteiger partial charge in [-0.15, -0.1) is 0 Å². The largest absolute Gasteiger partial charge is 0.452 e. The number of hydrogen-bond acceptors (Lipinski definition) is 3. The lowest BCUT2D eigenvalue weighted by Crippen LogP contribution is -2.28. The fourth-order valence-corrected chi connectivity index (χ4v) is 10.8. The number of hydrogen-bond donors (Lipinski definition) is 0. The first-order chi connectivity index (χ1) is 28.5. The second-order valence-electron chi connectivity index (χ2n) is 17.2. The molecule has 0 aliphatic heterocycles. The van der Waals surface area contributed by atoms with Crippen molar-refractivity contribution in [2.24, 2.45) is 0 Å². The maximum atomic E-state index is 6.48. The lowest BCUT2D eigenvalue weighted by Gasteiger charge is -2.36. The molecule has 0 unspecified atom stereocenters. The first kappa shape index (κ1) is 33.5. The van der Waals surface area contributed by atoms with Gasteiger partial charge in [-0.2, -0.15) is 0 Å². The van der Waals surface area contributed by atoms with Crippen molar-refractivity contribution in [1.82, 2.24) is 9.97 Å². The van der Waals surface area contributed by atoms with E-state index in [1.165, 1.54) is 76.6 Å². The summed E-state index contributed by atoms with van der Waals surface area (Å²) in [4.78, 5) is 10.2. The van der Waals surface area contributed by atoms with E-state index in [0.29, 0.717) is 11.4 Å². The normalized spacial score (nSPS) is 15.7. The van der Waals surface area contributed by atoms with E-state index in [0.717, 1.165) is 44.4 Å². The van der Waals surface area contributed by atoms with Gasteiger partial charge in [0.2, 0.25) is 0 Å². The molecule has 0 atom stereocenters. The molecule has 1 saturated carbocycles. The number of rotatable bonds is 4. The summed E-state index contributed by atoms with van der Waals surface area (Å²) in [5.74, 6) is 0.687. The fraction of sp³-hybridized carbons (Fsp3) is 0.164. The molecule has 0 radical (unpaired) electrons. The third-order valence-electron chi connectivity index (χ3n) is 13.7. The van der Waals surface area contributed by atoms with E-state index >= 15 is 0 Å². The molecule has 7 aromatic carbocycles. The maximum Gasteiger partial charge on any atom is 0.180 e. The molecule has 0 bridgehead atoms. The van der Waals surface area contributed by atoms with Crippen LogP contribution in [-0.2, 0) is 10.8 Å². The standard InChI is InChI=1S/C55H42N2O/c1-54(2)45-26-25-38(31-42(45)44-33-48-43(32-47(44)54)40-21-7-9-23-46(40)55(48)27-11-4-12-28-55)36-18-13-17-35(29-36)37-19-14-20-39(30-37)50-52-51(41-22-8-10-24-49(41)58-52)57-53(56-50)34-15-5-3-6-16-34/h3,5-10,13-26,29-33H,4,11-12,27-28H2,1-2H3. The summed E-state index contributed by atoms with van der Waals surface area (Å²) in [6.45, 7) is 4.82. The van der Waals surface area contributed by atoms with Crippen LogP contribution in [0, 0.1) is 0 Å². The molecule has 12 rings (SSSR count). The highest BCUT2D eigenvalue weighted by Crippen LogP contribution is 2.60. The lowest BCUT2D eigenvalue weighted by atomic mass is 9.67. The molecule has 2 heterocycles. The monoisotopic (exact) mass is 746 g/mol. The summed E-state index contributed by atoms with van der Waals surface area (Å²) in [6.07, 6.45) is 6.43. The number of nitrogens with zero attached hydrogens (tertiary/aromatic N) is 2. The summed E-state index contributed by atoms with van der Waals surface area (Å²) in [6, 6.07) is 57.6. The van der Waals surface area contributed by atoms with Crippen LogP contribution >= 0.6 is 0 Å². The molecule has 1 fully saturated rings. The fourth-order valence-electron chi connectivity index (χ4n) is 10.8. The molecule has 3 nitrogen and oxygen atoms in total. The van der Waals surface area contributed by atoms with Gasteiger partial charge in [-0.25, -0.2) is 9.97 Å². The van der Waals surface area contributed by atoms with Gasteiger partial charge in [0.15, 0.2) is 11.4 Å². The maximum absolute atomic E-state index is 6.48. The molecule has 0 saturated heterocycles. The Balaban J connectivity index is 0.953. The van der Waals surface area contributed by atoms with Crippen LogP contribution in [0.5, 0.6) is 0 Å². The topological polar surface area (TPSA) is 38.9 Å². The quantitative estimate of drug-likeness (QED) is 0.180. The molecule has 1 spiro atoms. The van der Waals surface area contributed by atoms with Crippen molar-refractivity contribution in [1.29, 1.82) is 0 Å². The molecular weight excluding hydrogens is 705 g/mol. The highest BCUT2D eigenvalue weighted by molar-refractivity contribution is 6.07. The van der Waals surface area contributed by atoms with Crippen molar-refractivity contribution in [3.8, 4) is 67.2 Å². The summed E-state index contributed by atoms with van der Waals surface area (Å²) < 4.78 is 6.48. The Kier molecular flexibility index (Phi) is 7.21. The number of para-hydroxylation sites is 1. The van der Waals surface area contributed by atoms with Gasteiger partial charge in [0.05, 0.1) is 0 Å². The molecule has 0 N–H and O–H groups in total. The van der Waals surface area contributed by atoms with Gasteiger partial charge in [-0.05, 0) is 122 Å². The van der Waals surface area contributed by atoms with E-state index in [2.05, 4.69) is 135 Å². The van der Waals surface area contributed by atoms with Crippen molar-refractivity contribution in [3.63, 3.8) is 0 Å². The minimum atomic E-state index is -0.0790. The zero-order valence-electron chi connectivity index (χ0n) is 32.8. The molecule has 0 amide bonds. The number of aromatic nitrogens is 2. The SMILES string of the molecule is CC1(C)c2ccc(-c3cccc(-c4cccc(-c5nc(-c6ccccc6)nc6c5oc5ccccc56)c4)c3)cc2-c2cc3c(cc21)-c1ccccc1C31CCCCC1. The van der Waals surface area contributed by atoms with Crippen molar-refractivity contribution in [2.45, 2.75) is 56.8 Å². The molecule has 9 aromatic rings. The van der Waals surface area contributed by atoms with Gasteiger partial charge in [0.25, 0.3) is 0 Å². The van der Waals surface area contributed by atoms with E-state index < -0.39 is 0 Å². The Bertz CT molecular complexity index is 3130. The van der Waals surface area contributed by atoms with Gasteiger partial charge >= 0.3 is 0 Å². The van der Waals surface area contributed by atoms with Gasteiger partial charge in [0, 0.05) is 27.3 Å². The summed E-state index contributed by atoms with van der Waals surface area (Å²) in [5, 5.41) is 0.991. The number of benzene rings is 7. The van der Waals surface area contributed by atoms with Crippen LogP contribution in [0.1, 0.15) is 68.2 Å². The van der Waals surface area contributed by atoms with E-state index in [4.69, 9.17) is 14.4 Å². The van der Waals surface area contributed by atoms with E-state index in [1.807, 2.05) is 36.4 Å². The smallest absolute Gasteiger partial charge is 0.180 e. The zero-order chi connectivity index (χ0) is 38.6. The molecule has 3 aliphatic rings. The Morgan fingerprint density at radius 1 is 0.448 bits per heavy atom. The zero-order valence-corrected chi connectivity index (χ0v) is 32.8. The van der Waals surface area contributed by atoms with Gasteiger partial charge in [0.1, 0.15) is 16.8 Å². The molecule has 3 aliphatic carbocycles. The van der Waals surface area contributed by atoms with E-state index in [-0.39, 0.29) is 10.8 Å². The molecule has 2 aromatic heterocycles. The van der Waals surface area contributed by atoms with Crippen LogP contribution in [0.4, 0.5) is 0 Å². The van der Waals surface area contributed by atoms with Crippen LogP contribution in [0.2, 0.25) is 0 Å². The molecule has 278 valence electrons. The van der Waals surface area contributed by atoms with E-state index in [9.17, 15) is 0 Å². The number of fused-ring (bicyclic) bond motifs is 11. The van der Waals surface area contributed by atoms with Crippen LogP contribution < -0.4 is 0 Å². The lowest BCUT2D eigenvalue weighted by molar-refractivity contribution is 0.353. The third-order valence-corrected chi connectivity index (χ3v) is 13.7. The first-order valence-corrected chi connectivity index (χ1v) is 20.9. The van der Waals surface area contributed by atoms with Crippen LogP contribution in [0.25, 0.3) is 89.2 Å². The Labute approximate surface area is 339 Å². The predicted octanol–water partition coefficient (Wildman–Crippen LogP) is 14.6. The van der Waals surface area contributed by atoms with Crippen LogP contribution in [0.3, 0.4) is 0 Å². The Morgan fingerprint density at radius 2 is 1.07 bits per heavy atom. The van der Waals surface area contributed by atoms with Gasteiger partial charge < -0.3 is 4.42 Å². The average molecular weight is 747 g/mol. The summed E-state index contributed by atoms with van der Waals surface area (Å²) in [5.41, 5.74) is 21.6. The minimum Gasteiger partial charge on any atom is -0.452 e. The predicted molar refractivity (Wildman–Crippen MR) is 238 cm³/mol. The number of furan rings is 1. The second kappa shape index (κ2) is 12.5. The molecular formula is C55H42N2O. The van der Waals surface area contributed by atoms with Crippen molar-refractivity contribution < 1.29 is 4.42 Å². The van der Waals surface area contributed by atoms with Crippen LogP contribution in [-0.4, -0.2) is 9.97 Å². The van der Waals surface area contributed by atoms with Crippen molar-refractivity contribution in [3.05, 3.63) is 180 Å². The second-order valence-corrected chi connectivity index (χ2v) is 17.2. The minimum absolute atomic E-state index is 0.0790. The van der Waals surface area contributed by atoms with Crippen molar-refractivity contribution >= 4 is 22.1 Å².